The van der Waals surface area contributed by atoms with E-state index in [9.17, 15) is 4.79 Å². The fourth-order valence-corrected chi connectivity index (χ4v) is 3.37. The topological polar surface area (TPSA) is 90.6 Å². The lowest BCUT2D eigenvalue weighted by molar-refractivity contribution is 0.0924. The molecular formula is C20H23N5O3. The highest BCUT2D eigenvalue weighted by Gasteiger charge is 2.21. The summed E-state index contributed by atoms with van der Waals surface area (Å²) >= 11 is 0. The number of nitrogens with zero attached hydrogens (tertiary/aromatic N) is 4. The predicted octanol–water partition coefficient (Wildman–Crippen LogP) is 2.78. The minimum Gasteiger partial charge on any atom is -0.486 e. The molecule has 1 N–H and O–H groups in total. The van der Waals surface area contributed by atoms with Crippen LogP contribution in [0.15, 0.2) is 24.3 Å². The number of fused-ring (bicyclic) bond motifs is 2. The van der Waals surface area contributed by atoms with Gasteiger partial charge in [0, 0.05) is 11.4 Å². The van der Waals surface area contributed by atoms with Crippen molar-refractivity contribution in [2.45, 2.75) is 39.7 Å². The molecular weight excluding hydrogens is 358 g/mol. The third-order valence-corrected chi connectivity index (χ3v) is 4.67. The van der Waals surface area contributed by atoms with Gasteiger partial charge in [-0.15, -0.1) is 5.10 Å². The number of hydrogen-bond acceptors (Lipinski definition) is 6. The Balaban J connectivity index is 1.59. The smallest absolute Gasteiger partial charge is 0.291 e. The quantitative estimate of drug-likeness (QED) is 0.731. The van der Waals surface area contributed by atoms with Crippen molar-refractivity contribution in [3.8, 4) is 11.5 Å². The van der Waals surface area contributed by atoms with Gasteiger partial charge in [-0.3, -0.25) is 4.79 Å². The first-order valence-electron chi connectivity index (χ1n) is 9.46. The van der Waals surface area contributed by atoms with Gasteiger partial charge >= 0.3 is 0 Å². The van der Waals surface area contributed by atoms with Crippen LogP contribution < -0.4 is 14.8 Å². The van der Waals surface area contributed by atoms with Crippen molar-refractivity contribution in [2.75, 3.05) is 13.2 Å². The van der Waals surface area contributed by atoms with Gasteiger partial charge in [0.2, 0.25) is 5.82 Å². The van der Waals surface area contributed by atoms with Gasteiger partial charge < -0.3 is 14.8 Å². The van der Waals surface area contributed by atoms with Crippen molar-refractivity contribution in [1.82, 2.24) is 24.9 Å². The lowest BCUT2D eigenvalue weighted by Crippen LogP contribution is -2.29. The molecule has 1 amide bonds. The van der Waals surface area contributed by atoms with Crippen molar-refractivity contribution in [2.24, 2.45) is 0 Å². The lowest BCUT2D eigenvalue weighted by atomic mass is 10.0. The van der Waals surface area contributed by atoms with E-state index in [2.05, 4.69) is 27.3 Å². The van der Waals surface area contributed by atoms with E-state index in [1.165, 1.54) is 0 Å². The van der Waals surface area contributed by atoms with E-state index in [0.29, 0.717) is 24.7 Å². The average Bonchev–Trinajstić information content (AvgIpc) is 3.12. The number of amides is 1. The highest BCUT2D eigenvalue weighted by atomic mass is 16.6. The van der Waals surface area contributed by atoms with Crippen molar-refractivity contribution in [3.05, 3.63) is 47.0 Å². The monoisotopic (exact) mass is 381 g/mol. The van der Waals surface area contributed by atoms with Crippen LogP contribution in [0.4, 0.5) is 0 Å². The molecule has 0 fully saturated rings. The number of rotatable bonds is 5. The second-order valence-electron chi connectivity index (χ2n) is 6.90. The van der Waals surface area contributed by atoms with Crippen LogP contribution in [0.2, 0.25) is 0 Å². The largest absolute Gasteiger partial charge is 0.486 e. The summed E-state index contributed by atoms with van der Waals surface area (Å²) in [6.07, 6.45) is 1.70. The van der Waals surface area contributed by atoms with E-state index < -0.39 is 0 Å². The first kappa shape index (κ1) is 18.2. The second-order valence-corrected chi connectivity index (χ2v) is 6.90. The molecule has 2 aromatic heterocycles. The maximum absolute atomic E-state index is 12.8. The van der Waals surface area contributed by atoms with Gasteiger partial charge in [-0.05, 0) is 44.0 Å². The van der Waals surface area contributed by atoms with E-state index in [4.69, 9.17) is 9.47 Å². The zero-order valence-corrected chi connectivity index (χ0v) is 16.2. The number of nitrogens with one attached hydrogen (secondary N) is 1. The summed E-state index contributed by atoms with van der Waals surface area (Å²) in [6.45, 7) is 6.95. The van der Waals surface area contributed by atoms with Crippen LogP contribution in [0.25, 0.3) is 5.78 Å². The van der Waals surface area contributed by atoms with E-state index in [-0.39, 0.29) is 17.8 Å². The van der Waals surface area contributed by atoms with Crippen LogP contribution in [-0.4, -0.2) is 38.7 Å². The van der Waals surface area contributed by atoms with Gasteiger partial charge in [0.1, 0.15) is 13.2 Å². The standard InChI is InChI=1S/C20H23N5O3/c1-4-5-15(14-6-7-16-17(11-14)28-9-8-27-16)22-19(26)18-23-20-21-12(2)10-13(3)25(20)24-18/h6-7,10-11,15H,4-5,8-9H2,1-3H3,(H,22,26)/t15-/m1/s1. The molecule has 0 saturated heterocycles. The minimum absolute atomic E-state index is 0.111. The molecule has 1 atom stereocenters. The van der Waals surface area contributed by atoms with Crippen LogP contribution in [0.3, 0.4) is 0 Å². The maximum Gasteiger partial charge on any atom is 0.291 e. The van der Waals surface area contributed by atoms with Gasteiger partial charge in [0.25, 0.3) is 11.7 Å². The third-order valence-electron chi connectivity index (χ3n) is 4.67. The maximum atomic E-state index is 12.8. The van der Waals surface area contributed by atoms with Crippen molar-refractivity contribution >= 4 is 11.7 Å². The van der Waals surface area contributed by atoms with Gasteiger partial charge in [0.15, 0.2) is 11.5 Å². The molecule has 0 aliphatic carbocycles. The summed E-state index contributed by atoms with van der Waals surface area (Å²) in [5.41, 5.74) is 2.68. The first-order valence-corrected chi connectivity index (χ1v) is 9.46. The molecule has 28 heavy (non-hydrogen) atoms. The van der Waals surface area contributed by atoms with Crippen molar-refractivity contribution in [1.29, 1.82) is 0 Å². The first-order chi connectivity index (χ1) is 13.5. The molecule has 0 radical (unpaired) electrons. The summed E-state index contributed by atoms with van der Waals surface area (Å²) in [6, 6.07) is 7.51. The summed E-state index contributed by atoms with van der Waals surface area (Å²) in [7, 11) is 0. The summed E-state index contributed by atoms with van der Waals surface area (Å²) in [5.74, 6) is 1.65. The lowest BCUT2D eigenvalue weighted by Gasteiger charge is -2.22. The molecule has 8 heteroatoms. The van der Waals surface area contributed by atoms with E-state index in [1.54, 1.807) is 4.52 Å². The SMILES string of the molecule is CCC[C@@H](NC(=O)c1nc2nc(C)cc(C)n2n1)c1ccc2c(c1)OCCO2. The molecule has 1 aliphatic heterocycles. The molecule has 0 saturated carbocycles. The van der Waals surface area contributed by atoms with E-state index in [0.717, 1.165) is 35.5 Å². The van der Waals surface area contributed by atoms with Crippen LogP contribution in [-0.2, 0) is 0 Å². The molecule has 1 aliphatic rings. The Hall–Kier alpha value is -3.16. The van der Waals surface area contributed by atoms with E-state index in [1.807, 2.05) is 38.1 Å². The van der Waals surface area contributed by atoms with E-state index >= 15 is 0 Å². The normalized spacial score (nSPS) is 14.1. The Morgan fingerprint density at radius 1 is 1.18 bits per heavy atom. The molecule has 0 bridgehead atoms. The zero-order chi connectivity index (χ0) is 19.7. The average molecular weight is 381 g/mol. The Labute approximate surface area is 162 Å². The highest BCUT2D eigenvalue weighted by molar-refractivity contribution is 5.91. The third kappa shape index (κ3) is 3.49. The number of aromatic nitrogens is 4. The minimum atomic E-state index is -0.323. The molecule has 3 heterocycles. The molecule has 1 aromatic carbocycles. The number of aryl methyl sites for hydroxylation is 2. The van der Waals surface area contributed by atoms with Gasteiger partial charge in [0.05, 0.1) is 6.04 Å². The van der Waals surface area contributed by atoms with Gasteiger partial charge in [-0.25, -0.2) is 9.50 Å². The Bertz CT molecular complexity index is 1030. The molecule has 4 rings (SSSR count). The fourth-order valence-electron chi connectivity index (χ4n) is 3.37. The molecule has 3 aromatic rings. The molecule has 0 unspecified atom stereocenters. The molecule has 146 valence electrons. The van der Waals surface area contributed by atoms with Crippen LogP contribution >= 0.6 is 0 Å². The Kier molecular flexibility index (Phi) is 4.85. The predicted molar refractivity (Wildman–Crippen MR) is 103 cm³/mol. The van der Waals surface area contributed by atoms with Crippen LogP contribution in [0.5, 0.6) is 11.5 Å². The Morgan fingerprint density at radius 2 is 1.96 bits per heavy atom. The summed E-state index contributed by atoms with van der Waals surface area (Å²) < 4.78 is 12.8. The van der Waals surface area contributed by atoms with Crippen LogP contribution in [0.1, 0.15) is 53.4 Å². The van der Waals surface area contributed by atoms with Gasteiger partial charge in [-0.1, -0.05) is 19.4 Å². The number of carbonyl (C=O) groups is 1. The number of ether oxygens (including phenoxy) is 2. The number of benzene rings is 1. The van der Waals surface area contributed by atoms with Crippen LogP contribution in [0, 0.1) is 13.8 Å². The Morgan fingerprint density at radius 3 is 2.75 bits per heavy atom. The summed E-state index contributed by atoms with van der Waals surface area (Å²) in [5, 5.41) is 7.37. The fraction of sp³-hybridized carbons (Fsp3) is 0.400. The number of hydrogen-bond donors (Lipinski definition) is 1. The molecule has 0 spiro atoms. The van der Waals surface area contributed by atoms with Crippen molar-refractivity contribution < 1.29 is 14.3 Å². The zero-order valence-electron chi connectivity index (χ0n) is 16.2. The van der Waals surface area contributed by atoms with Crippen molar-refractivity contribution in [3.63, 3.8) is 0 Å². The molecule has 8 nitrogen and oxygen atoms in total. The second kappa shape index (κ2) is 7.46. The number of carbonyl (C=O) groups excluding carboxylic acids is 1. The van der Waals surface area contributed by atoms with Gasteiger partial charge in [-0.2, -0.15) is 4.98 Å². The highest BCUT2D eigenvalue weighted by Crippen LogP contribution is 2.33. The summed E-state index contributed by atoms with van der Waals surface area (Å²) in [4.78, 5) is 21.5.